The fourth-order valence-electron chi connectivity index (χ4n) is 0.761. The lowest BCUT2D eigenvalue weighted by Crippen LogP contribution is -2.13. The molecule has 0 atom stereocenters. The van der Waals surface area contributed by atoms with Crippen molar-refractivity contribution in [2.45, 2.75) is 26.2 Å². The van der Waals surface area contributed by atoms with Gasteiger partial charge in [0.2, 0.25) is 0 Å². The number of hydrogen-bond donors (Lipinski definition) is 1. The number of aliphatic imine (C=N–C) groups is 1. The molecule has 0 radical (unpaired) electrons. The van der Waals surface area contributed by atoms with Gasteiger partial charge >= 0.3 is 0 Å². The molecular weight excluding hydrogens is 178 g/mol. The van der Waals surface area contributed by atoms with Crippen molar-refractivity contribution in [3.05, 3.63) is 0 Å². The molecule has 0 aromatic rings. The normalized spacial score (nSPS) is 12.5. The fourth-order valence-corrected chi connectivity index (χ4v) is 0.761. The molecule has 0 unspecified atom stereocenters. The molecule has 0 aliphatic heterocycles. The Labute approximate surface area is 77.0 Å². The standard InChI is InChI=1S/C8H16F2N2O/c1-2-3-8(11)12-4-5-13-6-7(9)10/h7H,2-6H2,1H3,(H2,11,12). The van der Waals surface area contributed by atoms with Crippen LogP contribution in [0.4, 0.5) is 8.78 Å². The number of alkyl halides is 2. The van der Waals surface area contributed by atoms with Gasteiger partial charge < -0.3 is 10.5 Å². The van der Waals surface area contributed by atoms with Crippen molar-refractivity contribution in [3.8, 4) is 0 Å². The summed E-state index contributed by atoms with van der Waals surface area (Å²) < 4.78 is 27.7. The highest BCUT2D eigenvalue weighted by Gasteiger charge is 2.00. The maximum absolute atomic E-state index is 11.6. The van der Waals surface area contributed by atoms with Crippen molar-refractivity contribution in [2.75, 3.05) is 19.8 Å². The van der Waals surface area contributed by atoms with Gasteiger partial charge in [-0.25, -0.2) is 8.78 Å². The maximum atomic E-state index is 11.6. The van der Waals surface area contributed by atoms with E-state index in [9.17, 15) is 8.78 Å². The van der Waals surface area contributed by atoms with Crippen LogP contribution in [0.25, 0.3) is 0 Å². The van der Waals surface area contributed by atoms with Gasteiger partial charge in [-0.15, -0.1) is 0 Å². The summed E-state index contributed by atoms with van der Waals surface area (Å²) in [5.41, 5.74) is 5.47. The summed E-state index contributed by atoms with van der Waals surface area (Å²) in [6, 6.07) is 0. The van der Waals surface area contributed by atoms with Gasteiger partial charge in [-0.1, -0.05) is 6.92 Å². The molecule has 0 aliphatic carbocycles. The lowest BCUT2D eigenvalue weighted by molar-refractivity contribution is 0.0207. The second-order valence-electron chi connectivity index (χ2n) is 2.59. The van der Waals surface area contributed by atoms with Gasteiger partial charge in [0.05, 0.1) is 19.0 Å². The van der Waals surface area contributed by atoms with Gasteiger partial charge in [-0.2, -0.15) is 0 Å². The second kappa shape index (κ2) is 7.91. The Hall–Kier alpha value is -0.710. The summed E-state index contributed by atoms with van der Waals surface area (Å²) in [5.74, 6) is 0.558. The minimum Gasteiger partial charge on any atom is -0.387 e. The zero-order chi connectivity index (χ0) is 10.1. The molecule has 3 nitrogen and oxygen atoms in total. The van der Waals surface area contributed by atoms with Crippen LogP contribution < -0.4 is 5.73 Å². The van der Waals surface area contributed by atoms with E-state index in [2.05, 4.69) is 9.73 Å². The van der Waals surface area contributed by atoms with Crippen LogP contribution >= 0.6 is 0 Å². The third kappa shape index (κ3) is 9.20. The minimum atomic E-state index is -2.41. The number of nitrogens with zero attached hydrogens (tertiary/aromatic N) is 1. The Morgan fingerprint density at radius 3 is 2.77 bits per heavy atom. The number of nitrogens with two attached hydrogens (primary N) is 1. The molecule has 0 saturated heterocycles. The van der Waals surface area contributed by atoms with E-state index in [1.165, 1.54) is 0 Å². The highest BCUT2D eigenvalue weighted by molar-refractivity contribution is 5.80. The first-order valence-electron chi connectivity index (χ1n) is 4.31. The van der Waals surface area contributed by atoms with Crippen LogP contribution in [0.2, 0.25) is 0 Å². The number of amidine groups is 1. The molecule has 78 valence electrons. The Kier molecular flexibility index (Phi) is 7.48. The summed E-state index contributed by atoms with van der Waals surface area (Å²) in [6.45, 7) is 2.03. The van der Waals surface area contributed by atoms with E-state index < -0.39 is 13.0 Å². The van der Waals surface area contributed by atoms with Crippen LogP contribution in [0.5, 0.6) is 0 Å². The molecule has 0 aromatic heterocycles. The smallest absolute Gasteiger partial charge is 0.261 e. The zero-order valence-corrected chi connectivity index (χ0v) is 7.80. The molecule has 2 N–H and O–H groups in total. The monoisotopic (exact) mass is 194 g/mol. The van der Waals surface area contributed by atoms with Crippen LogP contribution in [-0.4, -0.2) is 32.0 Å². The van der Waals surface area contributed by atoms with E-state index in [-0.39, 0.29) is 6.61 Å². The molecular formula is C8H16F2N2O. The predicted molar refractivity (Wildman–Crippen MR) is 48.2 cm³/mol. The first-order chi connectivity index (χ1) is 6.16. The zero-order valence-electron chi connectivity index (χ0n) is 7.80. The Morgan fingerprint density at radius 2 is 2.23 bits per heavy atom. The lowest BCUT2D eigenvalue weighted by atomic mass is 10.3. The van der Waals surface area contributed by atoms with E-state index in [4.69, 9.17) is 5.73 Å². The number of ether oxygens (including phenoxy) is 1. The van der Waals surface area contributed by atoms with Crippen molar-refractivity contribution in [1.29, 1.82) is 0 Å². The average molecular weight is 194 g/mol. The molecule has 0 fully saturated rings. The third-order valence-corrected chi connectivity index (χ3v) is 1.30. The number of hydrogen-bond acceptors (Lipinski definition) is 2. The highest BCUT2D eigenvalue weighted by Crippen LogP contribution is 1.92. The number of halogens is 2. The molecule has 0 heterocycles. The first-order valence-corrected chi connectivity index (χ1v) is 4.31. The van der Waals surface area contributed by atoms with E-state index in [0.29, 0.717) is 12.4 Å². The van der Waals surface area contributed by atoms with Crippen LogP contribution in [0, 0.1) is 0 Å². The van der Waals surface area contributed by atoms with Crippen LogP contribution in [0.3, 0.4) is 0 Å². The molecule has 13 heavy (non-hydrogen) atoms. The van der Waals surface area contributed by atoms with Gasteiger partial charge in [0.15, 0.2) is 0 Å². The SMILES string of the molecule is CCCC(N)=NCCOCC(F)F. The molecule has 0 aliphatic rings. The summed E-state index contributed by atoms with van der Waals surface area (Å²) in [7, 11) is 0. The molecule has 0 bridgehead atoms. The largest absolute Gasteiger partial charge is 0.387 e. The molecule has 0 amide bonds. The van der Waals surface area contributed by atoms with Crippen molar-refractivity contribution < 1.29 is 13.5 Å². The molecule has 0 spiro atoms. The van der Waals surface area contributed by atoms with Crippen molar-refractivity contribution >= 4 is 5.84 Å². The van der Waals surface area contributed by atoms with Crippen molar-refractivity contribution in [3.63, 3.8) is 0 Å². The predicted octanol–water partition coefficient (Wildman–Crippen LogP) is 1.43. The summed E-state index contributed by atoms with van der Waals surface area (Å²) >= 11 is 0. The van der Waals surface area contributed by atoms with E-state index in [0.717, 1.165) is 12.8 Å². The third-order valence-electron chi connectivity index (χ3n) is 1.30. The quantitative estimate of drug-likeness (QED) is 0.378. The minimum absolute atomic E-state index is 0.203. The fraction of sp³-hybridized carbons (Fsp3) is 0.875. The Balaban J connectivity index is 3.28. The summed E-state index contributed by atoms with van der Waals surface area (Å²) in [6.07, 6.45) is -0.723. The first kappa shape index (κ1) is 12.3. The summed E-state index contributed by atoms with van der Waals surface area (Å²) in [4.78, 5) is 3.94. The van der Waals surface area contributed by atoms with Gasteiger partial charge in [0.1, 0.15) is 6.61 Å². The Morgan fingerprint density at radius 1 is 1.54 bits per heavy atom. The van der Waals surface area contributed by atoms with Gasteiger partial charge in [0, 0.05) is 6.42 Å². The van der Waals surface area contributed by atoms with Crippen molar-refractivity contribution in [1.82, 2.24) is 0 Å². The summed E-state index contributed by atoms with van der Waals surface area (Å²) in [5, 5.41) is 0. The average Bonchev–Trinajstić information content (AvgIpc) is 2.03. The Bertz CT molecular complexity index is 151. The van der Waals surface area contributed by atoms with E-state index in [1.54, 1.807) is 0 Å². The van der Waals surface area contributed by atoms with Crippen LogP contribution in [0.15, 0.2) is 4.99 Å². The van der Waals surface area contributed by atoms with Gasteiger partial charge in [-0.05, 0) is 6.42 Å². The molecule has 0 rings (SSSR count). The molecule has 0 saturated carbocycles. The van der Waals surface area contributed by atoms with Crippen LogP contribution in [0.1, 0.15) is 19.8 Å². The van der Waals surface area contributed by atoms with Crippen LogP contribution in [-0.2, 0) is 4.74 Å². The number of rotatable bonds is 7. The van der Waals surface area contributed by atoms with Gasteiger partial charge in [0.25, 0.3) is 6.43 Å². The molecule has 5 heteroatoms. The van der Waals surface area contributed by atoms with E-state index >= 15 is 0 Å². The van der Waals surface area contributed by atoms with Gasteiger partial charge in [-0.3, -0.25) is 4.99 Å². The van der Waals surface area contributed by atoms with Crippen molar-refractivity contribution in [2.24, 2.45) is 10.7 Å². The lowest BCUT2D eigenvalue weighted by Gasteiger charge is -2.01. The second-order valence-corrected chi connectivity index (χ2v) is 2.59. The topological polar surface area (TPSA) is 47.6 Å². The highest BCUT2D eigenvalue weighted by atomic mass is 19.3. The maximum Gasteiger partial charge on any atom is 0.261 e. The molecule has 0 aromatic carbocycles. The van der Waals surface area contributed by atoms with E-state index in [1.807, 2.05) is 6.92 Å².